The SMILES string of the molecule is CC(C)(C)c1ccc(CNCc2cnc[nH]2)s1. The van der Waals surface area contributed by atoms with Crippen molar-refractivity contribution in [1.29, 1.82) is 0 Å². The second kappa shape index (κ2) is 5.02. The third kappa shape index (κ3) is 3.41. The van der Waals surface area contributed by atoms with Crippen LogP contribution < -0.4 is 5.32 Å². The second-order valence-corrected chi connectivity index (χ2v) is 6.36. The van der Waals surface area contributed by atoms with Crippen LogP contribution in [0, 0.1) is 0 Å². The smallest absolute Gasteiger partial charge is 0.0922 e. The number of hydrogen-bond acceptors (Lipinski definition) is 3. The number of H-pyrrole nitrogens is 1. The highest BCUT2D eigenvalue weighted by Gasteiger charge is 2.15. The first-order chi connectivity index (χ1) is 8.05. The third-order valence-corrected chi connectivity index (χ3v) is 4.08. The van der Waals surface area contributed by atoms with E-state index in [2.05, 4.69) is 48.2 Å². The number of nitrogens with one attached hydrogen (secondary N) is 2. The first-order valence-corrected chi connectivity index (χ1v) is 6.64. The van der Waals surface area contributed by atoms with Gasteiger partial charge in [0, 0.05) is 34.7 Å². The van der Waals surface area contributed by atoms with Crippen LogP contribution in [0.4, 0.5) is 0 Å². The maximum Gasteiger partial charge on any atom is 0.0922 e. The lowest BCUT2D eigenvalue weighted by atomic mass is 9.95. The van der Waals surface area contributed by atoms with Gasteiger partial charge in [-0.1, -0.05) is 20.8 Å². The van der Waals surface area contributed by atoms with Gasteiger partial charge in [-0.3, -0.25) is 0 Å². The van der Waals surface area contributed by atoms with E-state index in [9.17, 15) is 0 Å². The molecule has 0 aromatic carbocycles. The van der Waals surface area contributed by atoms with Crippen molar-refractivity contribution in [3.05, 3.63) is 40.1 Å². The summed E-state index contributed by atoms with van der Waals surface area (Å²) in [5, 5.41) is 3.41. The Kier molecular flexibility index (Phi) is 3.64. The molecule has 2 aromatic rings. The highest BCUT2D eigenvalue weighted by atomic mass is 32.1. The van der Waals surface area contributed by atoms with Gasteiger partial charge in [0.25, 0.3) is 0 Å². The molecule has 0 atom stereocenters. The maximum absolute atomic E-state index is 3.99. The van der Waals surface area contributed by atoms with Crippen molar-refractivity contribution in [3.63, 3.8) is 0 Å². The Morgan fingerprint density at radius 2 is 2.12 bits per heavy atom. The zero-order valence-corrected chi connectivity index (χ0v) is 11.4. The van der Waals surface area contributed by atoms with Gasteiger partial charge in [0.1, 0.15) is 0 Å². The molecular formula is C13H19N3S. The standard InChI is InChI=1S/C13H19N3S/c1-13(2,3)12-5-4-11(17-12)8-14-6-10-7-15-9-16-10/h4-5,7,9,14H,6,8H2,1-3H3,(H,15,16). The van der Waals surface area contributed by atoms with Gasteiger partial charge >= 0.3 is 0 Å². The Labute approximate surface area is 106 Å². The Bertz CT molecular complexity index is 451. The lowest BCUT2D eigenvalue weighted by molar-refractivity contribution is 0.604. The predicted octanol–water partition coefficient (Wildman–Crippen LogP) is 3.06. The molecule has 0 aliphatic carbocycles. The molecule has 0 fully saturated rings. The van der Waals surface area contributed by atoms with Crippen LogP contribution >= 0.6 is 11.3 Å². The summed E-state index contributed by atoms with van der Waals surface area (Å²) >= 11 is 1.89. The fourth-order valence-electron chi connectivity index (χ4n) is 1.58. The van der Waals surface area contributed by atoms with Crippen LogP contribution in [0.3, 0.4) is 0 Å². The number of rotatable bonds is 4. The summed E-state index contributed by atoms with van der Waals surface area (Å²) in [5.74, 6) is 0. The summed E-state index contributed by atoms with van der Waals surface area (Å²) in [5.41, 5.74) is 1.38. The first kappa shape index (κ1) is 12.3. The molecule has 2 rings (SSSR count). The monoisotopic (exact) mass is 249 g/mol. The predicted molar refractivity (Wildman–Crippen MR) is 72.2 cm³/mol. The van der Waals surface area contributed by atoms with Crippen LogP contribution in [-0.2, 0) is 18.5 Å². The summed E-state index contributed by atoms with van der Waals surface area (Å²) < 4.78 is 0. The Balaban J connectivity index is 1.85. The molecule has 0 bridgehead atoms. The Morgan fingerprint density at radius 1 is 1.29 bits per heavy atom. The first-order valence-electron chi connectivity index (χ1n) is 5.83. The molecule has 0 amide bonds. The van der Waals surface area contributed by atoms with Gasteiger partial charge in [-0.25, -0.2) is 4.98 Å². The minimum absolute atomic E-state index is 0.256. The van der Waals surface area contributed by atoms with E-state index in [1.807, 2.05) is 17.5 Å². The van der Waals surface area contributed by atoms with Crippen molar-refractivity contribution < 1.29 is 0 Å². The molecule has 17 heavy (non-hydrogen) atoms. The summed E-state index contributed by atoms with van der Waals surface area (Å²) in [6.45, 7) is 8.50. The fourth-order valence-corrected chi connectivity index (χ4v) is 2.61. The number of imidazole rings is 1. The van der Waals surface area contributed by atoms with Crippen molar-refractivity contribution in [3.8, 4) is 0 Å². The van der Waals surface area contributed by atoms with E-state index in [-0.39, 0.29) is 5.41 Å². The van der Waals surface area contributed by atoms with Gasteiger partial charge in [-0.05, 0) is 17.5 Å². The molecule has 0 radical (unpaired) electrons. The van der Waals surface area contributed by atoms with E-state index in [0.717, 1.165) is 18.8 Å². The van der Waals surface area contributed by atoms with Crippen LogP contribution in [0.15, 0.2) is 24.7 Å². The van der Waals surface area contributed by atoms with E-state index < -0.39 is 0 Å². The summed E-state index contributed by atoms with van der Waals surface area (Å²) in [4.78, 5) is 9.90. The number of hydrogen-bond donors (Lipinski definition) is 2. The van der Waals surface area contributed by atoms with Crippen LogP contribution in [0.1, 0.15) is 36.2 Å². The molecule has 0 aliphatic heterocycles. The van der Waals surface area contributed by atoms with Crippen LogP contribution in [0.25, 0.3) is 0 Å². The lowest BCUT2D eigenvalue weighted by Crippen LogP contribution is -2.12. The number of aromatic amines is 1. The third-order valence-electron chi connectivity index (χ3n) is 2.57. The zero-order valence-electron chi connectivity index (χ0n) is 10.6. The quantitative estimate of drug-likeness (QED) is 0.874. The van der Waals surface area contributed by atoms with Gasteiger partial charge < -0.3 is 10.3 Å². The molecule has 0 spiro atoms. The molecule has 2 heterocycles. The average Bonchev–Trinajstić information content (AvgIpc) is 2.86. The highest BCUT2D eigenvalue weighted by molar-refractivity contribution is 7.12. The lowest BCUT2D eigenvalue weighted by Gasteiger charge is -2.15. The van der Waals surface area contributed by atoms with Gasteiger partial charge in [0.15, 0.2) is 0 Å². The topological polar surface area (TPSA) is 40.7 Å². The Hall–Kier alpha value is -1.13. The zero-order chi connectivity index (χ0) is 12.3. The molecule has 3 nitrogen and oxygen atoms in total. The molecule has 0 unspecified atom stereocenters. The fraction of sp³-hybridized carbons (Fsp3) is 0.462. The van der Waals surface area contributed by atoms with E-state index in [1.54, 1.807) is 6.33 Å². The molecule has 0 saturated heterocycles. The van der Waals surface area contributed by atoms with Gasteiger partial charge in [-0.2, -0.15) is 0 Å². The summed E-state index contributed by atoms with van der Waals surface area (Å²) in [6.07, 6.45) is 3.56. The molecule has 0 saturated carbocycles. The molecule has 2 N–H and O–H groups in total. The minimum Gasteiger partial charge on any atom is -0.347 e. The number of nitrogens with zero attached hydrogens (tertiary/aromatic N) is 1. The molecule has 4 heteroatoms. The van der Waals surface area contributed by atoms with Crippen molar-refractivity contribution in [2.45, 2.75) is 39.3 Å². The van der Waals surface area contributed by atoms with Crippen molar-refractivity contribution >= 4 is 11.3 Å². The van der Waals surface area contributed by atoms with E-state index in [1.165, 1.54) is 9.75 Å². The van der Waals surface area contributed by atoms with Crippen LogP contribution in [0.2, 0.25) is 0 Å². The average molecular weight is 249 g/mol. The molecule has 2 aromatic heterocycles. The minimum atomic E-state index is 0.256. The van der Waals surface area contributed by atoms with Crippen molar-refractivity contribution in [2.24, 2.45) is 0 Å². The van der Waals surface area contributed by atoms with Crippen molar-refractivity contribution in [2.75, 3.05) is 0 Å². The van der Waals surface area contributed by atoms with E-state index in [4.69, 9.17) is 0 Å². The number of aromatic nitrogens is 2. The van der Waals surface area contributed by atoms with E-state index in [0.29, 0.717) is 0 Å². The molecule has 92 valence electrons. The summed E-state index contributed by atoms with van der Waals surface area (Å²) in [7, 11) is 0. The van der Waals surface area contributed by atoms with Crippen molar-refractivity contribution in [1.82, 2.24) is 15.3 Å². The van der Waals surface area contributed by atoms with Crippen LogP contribution in [0.5, 0.6) is 0 Å². The molecular weight excluding hydrogens is 230 g/mol. The normalized spacial score (nSPS) is 11.9. The van der Waals surface area contributed by atoms with Gasteiger partial charge in [0.05, 0.1) is 6.33 Å². The Morgan fingerprint density at radius 3 is 2.71 bits per heavy atom. The second-order valence-electron chi connectivity index (χ2n) is 5.20. The van der Waals surface area contributed by atoms with Crippen LogP contribution in [-0.4, -0.2) is 9.97 Å². The summed E-state index contributed by atoms with van der Waals surface area (Å²) in [6, 6.07) is 4.45. The van der Waals surface area contributed by atoms with E-state index >= 15 is 0 Å². The van der Waals surface area contributed by atoms with Gasteiger partial charge in [0.2, 0.25) is 0 Å². The maximum atomic E-state index is 3.99. The largest absolute Gasteiger partial charge is 0.347 e. The highest BCUT2D eigenvalue weighted by Crippen LogP contribution is 2.29. The molecule has 0 aliphatic rings. The number of thiophene rings is 1. The van der Waals surface area contributed by atoms with Gasteiger partial charge in [-0.15, -0.1) is 11.3 Å².